The molecule has 1 fully saturated rings. The van der Waals surface area contributed by atoms with Crippen molar-refractivity contribution < 1.29 is 4.79 Å². The first kappa shape index (κ1) is 20.9. The normalized spacial score (nSPS) is 13.8. The quantitative estimate of drug-likeness (QED) is 0.420. The van der Waals surface area contributed by atoms with E-state index in [1.807, 2.05) is 12.1 Å². The van der Waals surface area contributed by atoms with E-state index in [0.29, 0.717) is 33.2 Å². The number of carbonyl (C=O) groups excluding carboxylic acids is 1. The Bertz CT molecular complexity index is 1390. The van der Waals surface area contributed by atoms with Gasteiger partial charge in [0.25, 0.3) is 0 Å². The summed E-state index contributed by atoms with van der Waals surface area (Å²) in [5, 5.41) is 28.0. The highest BCUT2D eigenvalue weighted by atomic mass is 35.5. The van der Waals surface area contributed by atoms with Crippen molar-refractivity contribution >= 4 is 34.4 Å². The second-order valence-electron chi connectivity index (χ2n) is 7.98. The van der Waals surface area contributed by atoms with Crippen molar-refractivity contribution in [3.8, 4) is 28.7 Å². The molecule has 3 aromatic heterocycles. The van der Waals surface area contributed by atoms with Gasteiger partial charge in [0.2, 0.25) is 0 Å². The number of benzene rings is 1. The van der Waals surface area contributed by atoms with E-state index in [4.69, 9.17) is 11.6 Å². The molecule has 0 unspecified atom stereocenters. The number of urea groups is 1. The molecule has 0 bridgehead atoms. The van der Waals surface area contributed by atoms with Gasteiger partial charge in [-0.15, -0.1) is 0 Å². The number of nitrogens with one attached hydrogen (secondary N) is 3. The summed E-state index contributed by atoms with van der Waals surface area (Å²) in [4.78, 5) is 21.7. The Kier molecular flexibility index (Phi) is 5.40. The molecule has 10 nitrogen and oxygen atoms in total. The van der Waals surface area contributed by atoms with Crippen molar-refractivity contribution in [2.45, 2.75) is 31.7 Å². The molecule has 3 N–H and O–H groups in total. The first-order chi connectivity index (χ1) is 16.0. The standard InChI is InChI=1S/C22H20ClN9O/c1-32-7-6-16(31-32)20-19(12-8-13-11-25-30-18(13)15(23)9-12)27-17(10-24)21(28-20)29-22(33)26-14-4-2-3-5-14/h6-9,11,14H,2-5H2,1H3,(H,25,30)(H2,26,28,29,33). The van der Waals surface area contributed by atoms with Crippen molar-refractivity contribution in [1.29, 1.82) is 5.26 Å². The second-order valence-corrected chi connectivity index (χ2v) is 8.38. The zero-order valence-electron chi connectivity index (χ0n) is 17.8. The Morgan fingerprint density at radius 3 is 2.82 bits per heavy atom. The lowest BCUT2D eigenvalue weighted by molar-refractivity contribution is 0.248. The monoisotopic (exact) mass is 461 g/mol. The van der Waals surface area contributed by atoms with Gasteiger partial charge in [0, 0.05) is 30.2 Å². The van der Waals surface area contributed by atoms with E-state index in [9.17, 15) is 10.1 Å². The number of aromatic nitrogens is 6. The highest BCUT2D eigenvalue weighted by Crippen LogP contribution is 2.34. The number of rotatable bonds is 4. The van der Waals surface area contributed by atoms with Gasteiger partial charge in [-0.2, -0.15) is 15.5 Å². The van der Waals surface area contributed by atoms with Crippen LogP contribution >= 0.6 is 11.6 Å². The zero-order valence-corrected chi connectivity index (χ0v) is 18.5. The number of carbonyl (C=O) groups is 1. The molecule has 0 radical (unpaired) electrons. The van der Waals surface area contributed by atoms with Crippen molar-refractivity contribution in [1.82, 2.24) is 35.3 Å². The van der Waals surface area contributed by atoms with Crippen molar-refractivity contribution in [3.63, 3.8) is 0 Å². The molecular weight excluding hydrogens is 442 g/mol. The minimum absolute atomic E-state index is 0.00494. The summed E-state index contributed by atoms with van der Waals surface area (Å²) < 4.78 is 1.64. The number of hydrogen-bond donors (Lipinski definition) is 3. The summed E-state index contributed by atoms with van der Waals surface area (Å²) >= 11 is 6.44. The number of nitriles is 1. The van der Waals surface area contributed by atoms with E-state index in [1.54, 1.807) is 36.3 Å². The number of fused-ring (bicyclic) bond motifs is 1. The number of H-pyrrole nitrogens is 1. The molecule has 0 spiro atoms. The van der Waals surface area contributed by atoms with Crippen LogP contribution in [-0.4, -0.2) is 42.0 Å². The molecule has 0 saturated heterocycles. The van der Waals surface area contributed by atoms with Gasteiger partial charge in [0.1, 0.15) is 23.2 Å². The van der Waals surface area contributed by atoms with Gasteiger partial charge < -0.3 is 5.32 Å². The Morgan fingerprint density at radius 2 is 2.09 bits per heavy atom. The maximum atomic E-state index is 12.6. The van der Waals surface area contributed by atoms with Crippen LogP contribution < -0.4 is 10.6 Å². The largest absolute Gasteiger partial charge is 0.335 e. The van der Waals surface area contributed by atoms with Crippen LogP contribution in [0.5, 0.6) is 0 Å². The first-order valence-corrected chi connectivity index (χ1v) is 10.9. The van der Waals surface area contributed by atoms with Crippen LogP contribution in [-0.2, 0) is 7.05 Å². The molecule has 1 saturated carbocycles. The van der Waals surface area contributed by atoms with Crippen LogP contribution in [0.25, 0.3) is 33.5 Å². The summed E-state index contributed by atoms with van der Waals surface area (Å²) in [7, 11) is 1.79. The fourth-order valence-electron chi connectivity index (χ4n) is 4.07. The van der Waals surface area contributed by atoms with Crippen LogP contribution in [0, 0.1) is 11.3 Å². The van der Waals surface area contributed by atoms with E-state index >= 15 is 0 Å². The molecule has 2 amide bonds. The minimum Gasteiger partial charge on any atom is -0.335 e. The average molecular weight is 462 g/mol. The Balaban J connectivity index is 1.60. The number of aromatic amines is 1. The summed E-state index contributed by atoms with van der Waals surface area (Å²) in [6.45, 7) is 0. The summed E-state index contributed by atoms with van der Waals surface area (Å²) in [5.74, 6) is 0.0767. The average Bonchev–Trinajstić information content (AvgIpc) is 3.55. The predicted molar refractivity (Wildman–Crippen MR) is 123 cm³/mol. The van der Waals surface area contributed by atoms with Gasteiger partial charge in [-0.05, 0) is 31.0 Å². The first-order valence-electron chi connectivity index (χ1n) is 10.5. The van der Waals surface area contributed by atoms with Gasteiger partial charge in [0.05, 0.1) is 16.7 Å². The highest BCUT2D eigenvalue weighted by molar-refractivity contribution is 6.35. The van der Waals surface area contributed by atoms with Crippen molar-refractivity contribution in [2.24, 2.45) is 7.05 Å². The SMILES string of the molecule is Cn1ccc(-c2nc(NC(=O)NC3CCCC3)c(C#N)nc2-c2cc(Cl)c3[nH]ncc3c2)n1. The van der Waals surface area contributed by atoms with Crippen LogP contribution in [0.1, 0.15) is 31.4 Å². The number of anilines is 1. The topological polar surface area (TPSA) is 137 Å². The molecule has 1 aliphatic rings. The Labute approximate surface area is 194 Å². The van der Waals surface area contributed by atoms with Gasteiger partial charge in [-0.3, -0.25) is 15.1 Å². The van der Waals surface area contributed by atoms with Crippen molar-refractivity contribution in [3.05, 3.63) is 41.3 Å². The number of halogens is 1. The van der Waals surface area contributed by atoms with E-state index < -0.39 is 6.03 Å². The molecule has 1 aliphatic carbocycles. The summed E-state index contributed by atoms with van der Waals surface area (Å²) in [5.41, 5.74) is 2.75. The lowest BCUT2D eigenvalue weighted by atomic mass is 10.1. The Morgan fingerprint density at radius 1 is 1.27 bits per heavy atom. The minimum atomic E-state index is -0.407. The summed E-state index contributed by atoms with van der Waals surface area (Å²) in [6.07, 6.45) is 7.52. The molecule has 5 rings (SSSR count). The molecule has 1 aromatic carbocycles. The smallest absolute Gasteiger partial charge is 0.320 e. The third-order valence-electron chi connectivity index (χ3n) is 5.65. The van der Waals surface area contributed by atoms with Gasteiger partial charge >= 0.3 is 6.03 Å². The van der Waals surface area contributed by atoms with Crippen LogP contribution in [0.4, 0.5) is 10.6 Å². The molecule has 4 aromatic rings. The molecule has 0 atom stereocenters. The number of aryl methyl sites for hydroxylation is 1. The highest BCUT2D eigenvalue weighted by Gasteiger charge is 2.22. The fourth-order valence-corrected chi connectivity index (χ4v) is 4.34. The van der Waals surface area contributed by atoms with Crippen molar-refractivity contribution in [2.75, 3.05) is 5.32 Å². The van der Waals surface area contributed by atoms with Crippen LogP contribution in [0.3, 0.4) is 0 Å². The van der Waals surface area contributed by atoms with Gasteiger partial charge in [0.15, 0.2) is 11.5 Å². The second kappa shape index (κ2) is 8.52. The molecular formula is C22H20ClN9O. The molecule has 33 heavy (non-hydrogen) atoms. The third kappa shape index (κ3) is 4.10. The zero-order chi connectivity index (χ0) is 22.9. The molecule has 166 valence electrons. The Hall–Kier alpha value is -3.97. The lowest BCUT2D eigenvalue weighted by Crippen LogP contribution is -2.36. The van der Waals surface area contributed by atoms with Crippen LogP contribution in [0.15, 0.2) is 30.6 Å². The van der Waals surface area contributed by atoms with E-state index in [0.717, 1.165) is 31.1 Å². The number of hydrogen-bond acceptors (Lipinski definition) is 6. The number of amides is 2. The molecule has 3 heterocycles. The van der Waals surface area contributed by atoms with E-state index in [-0.39, 0.29) is 17.6 Å². The van der Waals surface area contributed by atoms with E-state index in [1.165, 1.54) is 0 Å². The third-order valence-corrected chi connectivity index (χ3v) is 5.95. The lowest BCUT2D eigenvalue weighted by Gasteiger charge is -2.15. The molecule has 0 aliphatic heterocycles. The number of nitrogens with zero attached hydrogens (tertiary/aromatic N) is 6. The maximum absolute atomic E-state index is 12.6. The van der Waals surface area contributed by atoms with Gasteiger partial charge in [-0.25, -0.2) is 14.8 Å². The fraction of sp³-hybridized carbons (Fsp3) is 0.273. The maximum Gasteiger partial charge on any atom is 0.320 e. The van der Waals surface area contributed by atoms with Gasteiger partial charge in [-0.1, -0.05) is 24.4 Å². The molecule has 11 heteroatoms. The van der Waals surface area contributed by atoms with E-state index in [2.05, 4.69) is 35.9 Å². The summed E-state index contributed by atoms with van der Waals surface area (Å²) in [6, 6.07) is 7.15. The van der Waals surface area contributed by atoms with Crippen LogP contribution in [0.2, 0.25) is 5.02 Å². The predicted octanol–water partition coefficient (Wildman–Crippen LogP) is 4.01.